The van der Waals surface area contributed by atoms with Gasteiger partial charge in [0.15, 0.2) is 17.5 Å². The number of nitrogens with one attached hydrogen (secondary N) is 2. The highest BCUT2D eigenvalue weighted by Gasteiger charge is 2.33. The van der Waals surface area contributed by atoms with E-state index >= 15 is 0 Å². The van der Waals surface area contributed by atoms with Gasteiger partial charge in [0.2, 0.25) is 0 Å². The lowest BCUT2D eigenvalue weighted by Crippen LogP contribution is -2.36. The van der Waals surface area contributed by atoms with E-state index in [-0.39, 0.29) is 6.54 Å². The Bertz CT molecular complexity index is 662. The lowest BCUT2D eigenvalue weighted by atomic mass is 10.5. The van der Waals surface area contributed by atoms with Crippen molar-refractivity contribution in [2.24, 2.45) is 12.0 Å². The Labute approximate surface area is 134 Å². The van der Waals surface area contributed by atoms with Crippen molar-refractivity contribution in [3.8, 4) is 0 Å². The van der Waals surface area contributed by atoms with E-state index in [0.29, 0.717) is 29.9 Å². The lowest BCUT2D eigenvalue weighted by Gasteiger charge is -2.09. The summed E-state index contributed by atoms with van der Waals surface area (Å²) in [4.78, 5) is 7.87. The summed E-state index contributed by atoms with van der Waals surface area (Å²) in [7, 11) is 1.80. The Kier molecular flexibility index (Phi) is 5.53. The number of hydrogen-bond acceptors (Lipinski definition) is 5. The van der Waals surface area contributed by atoms with E-state index in [4.69, 9.17) is 0 Å². The molecule has 0 aliphatic heterocycles. The normalized spacial score (nSPS) is 12.5. The molecule has 0 aromatic carbocycles. The Morgan fingerprint density at radius 3 is 2.74 bits per heavy atom. The number of aromatic nitrogens is 4. The van der Waals surface area contributed by atoms with Gasteiger partial charge in [0.25, 0.3) is 0 Å². The van der Waals surface area contributed by atoms with Crippen molar-refractivity contribution in [2.45, 2.75) is 26.2 Å². The number of rotatable bonds is 5. The predicted molar refractivity (Wildman–Crippen MR) is 79.8 cm³/mol. The molecule has 0 saturated carbocycles. The van der Waals surface area contributed by atoms with Gasteiger partial charge in [-0.3, -0.25) is 0 Å². The number of halogens is 3. The molecule has 0 amide bonds. The molecular formula is C12H16F3N7S. The van der Waals surface area contributed by atoms with Crippen molar-refractivity contribution in [3.63, 3.8) is 0 Å². The molecule has 0 atom stereocenters. The topological polar surface area (TPSA) is 80.0 Å². The molecule has 0 fully saturated rings. The van der Waals surface area contributed by atoms with Crippen LogP contribution < -0.4 is 10.6 Å². The van der Waals surface area contributed by atoms with Crippen molar-refractivity contribution in [1.29, 1.82) is 0 Å². The first-order chi connectivity index (χ1) is 10.9. The number of alkyl halides is 3. The third kappa shape index (κ3) is 4.91. The van der Waals surface area contributed by atoms with Crippen LogP contribution in [0.1, 0.15) is 23.4 Å². The Balaban J connectivity index is 1.96. The molecule has 0 radical (unpaired) electrons. The van der Waals surface area contributed by atoms with E-state index in [1.54, 1.807) is 17.9 Å². The summed E-state index contributed by atoms with van der Waals surface area (Å²) in [6.45, 7) is 2.98. The molecule has 23 heavy (non-hydrogen) atoms. The Morgan fingerprint density at radius 2 is 2.17 bits per heavy atom. The fourth-order valence-electron chi connectivity index (χ4n) is 1.62. The third-order valence-electron chi connectivity index (χ3n) is 2.78. The molecule has 2 heterocycles. The van der Waals surface area contributed by atoms with Crippen molar-refractivity contribution >= 4 is 17.3 Å². The lowest BCUT2D eigenvalue weighted by molar-refractivity contribution is -0.140. The van der Waals surface area contributed by atoms with Crippen LogP contribution in [0.15, 0.2) is 16.7 Å². The third-order valence-corrected chi connectivity index (χ3v) is 3.63. The molecule has 2 N–H and O–H groups in total. The molecule has 126 valence electrons. The van der Waals surface area contributed by atoms with Crippen LogP contribution in [0.3, 0.4) is 0 Å². The van der Waals surface area contributed by atoms with Crippen molar-refractivity contribution in [1.82, 2.24) is 30.4 Å². The van der Waals surface area contributed by atoms with E-state index in [0.717, 1.165) is 16.7 Å². The second-order valence-electron chi connectivity index (χ2n) is 4.53. The number of guanidine groups is 1. The summed E-state index contributed by atoms with van der Waals surface area (Å²) in [5.74, 6) is 1.15. The van der Waals surface area contributed by atoms with Gasteiger partial charge >= 0.3 is 6.18 Å². The largest absolute Gasteiger partial charge is 0.434 e. The van der Waals surface area contributed by atoms with Gasteiger partial charge in [-0.15, -0.1) is 21.5 Å². The van der Waals surface area contributed by atoms with E-state index < -0.39 is 11.9 Å². The van der Waals surface area contributed by atoms with Gasteiger partial charge in [0.05, 0.1) is 6.54 Å². The van der Waals surface area contributed by atoms with Gasteiger partial charge in [-0.1, -0.05) is 0 Å². The van der Waals surface area contributed by atoms with Crippen molar-refractivity contribution in [3.05, 3.63) is 28.2 Å². The zero-order valence-electron chi connectivity index (χ0n) is 12.6. The molecule has 0 saturated heterocycles. The molecule has 0 aliphatic rings. The highest BCUT2D eigenvalue weighted by atomic mass is 32.1. The molecule has 2 rings (SSSR count). The average Bonchev–Trinajstić information content (AvgIpc) is 3.10. The van der Waals surface area contributed by atoms with E-state index in [1.165, 1.54) is 0 Å². The average molecular weight is 347 g/mol. The zero-order chi connectivity index (χ0) is 16.9. The van der Waals surface area contributed by atoms with Gasteiger partial charge in [0, 0.05) is 19.0 Å². The van der Waals surface area contributed by atoms with Gasteiger partial charge < -0.3 is 15.2 Å². The first kappa shape index (κ1) is 17.2. The summed E-state index contributed by atoms with van der Waals surface area (Å²) in [6, 6.07) is 0. The molecular weight excluding hydrogens is 331 g/mol. The fraction of sp³-hybridized carbons (Fsp3) is 0.500. The summed E-state index contributed by atoms with van der Waals surface area (Å²) < 4.78 is 39.3. The summed E-state index contributed by atoms with van der Waals surface area (Å²) in [6.07, 6.45) is -2.85. The monoisotopic (exact) mass is 347 g/mol. The minimum atomic E-state index is -4.42. The summed E-state index contributed by atoms with van der Waals surface area (Å²) in [5.41, 5.74) is -0.875. The highest BCUT2D eigenvalue weighted by molar-refractivity contribution is 7.09. The molecule has 2 aromatic heterocycles. The molecule has 2 aromatic rings. The van der Waals surface area contributed by atoms with Crippen LogP contribution in [0.4, 0.5) is 13.2 Å². The Hall–Kier alpha value is -2.17. The van der Waals surface area contributed by atoms with Gasteiger partial charge in [-0.25, -0.2) is 9.98 Å². The first-order valence-electron chi connectivity index (χ1n) is 6.76. The van der Waals surface area contributed by atoms with Crippen LogP contribution in [-0.4, -0.2) is 32.3 Å². The quantitative estimate of drug-likeness (QED) is 0.634. The van der Waals surface area contributed by atoms with Crippen LogP contribution in [0.25, 0.3) is 0 Å². The van der Waals surface area contributed by atoms with Crippen LogP contribution >= 0.6 is 11.3 Å². The van der Waals surface area contributed by atoms with E-state index in [1.807, 2.05) is 6.92 Å². The van der Waals surface area contributed by atoms with Gasteiger partial charge in [-0.2, -0.15) is 13.2 Å². The van der Waals surface area contributed by atoms with E-state index in [2.05, 4.69) is 30.8 Å². The SMILES string of the molecule is CCNC(=NCc1nncn1C)NCc1nc(C(F)(F)F)cs1. The number of hydrogen-bond donors (Lipinski definition) is 2. The highest BCUT2D eigenvalue weighted by Crippen LogP contribution is 2.29. The zero-order valence-corrected chi connectivity index (χ0v) is 13.4. The minimum Gasteiger partial charge on any atom is -0.357 e. The van der Waals surface area contributed by atoms with Crippen LogP contribution in [0.5, 0.6) is 0 Å². The molecule has 11 heteroatoms. The molecule has 7 nitrogen and oxygen atoms in total. The minimum absolute atomic E-state index is 0.158. The van der Waals surface area contributed by atoms with Gasteiger partial charge in [0.1, 0.15) is 17.9 Å². The second kappa shape index (κ2) is 7.40. The standard InChI is InChI=1S/C12H16F3N7S/c1-3-16-11(17-4-9-21-19-7-22(9)2)18-5-10-20-8(6-23-10)12(13,14)15/h6-7H,3-5H2,1-2H3,(H2,16,17,18). The van der Waals surface area contributed by atoms with Crippen molar-refractivity contribution in [2.75, 3.05) is 6.54 Å². The maximum atomic E-state index is 12.5. The van der Waals surface area contributed by atoms with Crippen LogP contribution in [0.2, 0.25) is 0 Å². The number of aryl methyl sites for hydroxylation is 1. The predicted octanol–water partition coefficient (Wildman–Crippen LogP) is 1.55. The summed E-state index contributed by atoms with van der Waals surface area (Å²) >= 11 is 0.952. The smallest absolute Gasteiger partial charge is 0.357 e. The van der Waals surface area contributed by atoms with Gasteiger partial charge in [-0.05, 0) is 6.92 Å². The van der Waals surface area contributed by atoms with Crippen LogP contribution in [0, 0.1) is 0 Å². The molecule has 0 aliphatic carbocycles. The second-order valence-corrected chi connectivity index (χ2v) is 5.47. The Morgan fingerprint density at radius 1 is 1.39 bits per heavy atom. The maximum Gasteiger partial charge on any atom is 0.434 e. The molecule has 0 spiro atoms. The number of aliphatic imine (C=N–C) groups is 1. The fourth-order valence-corrected chi connectivity index (χ4v) is 2.36. The van der Waals surface area contributed by atoms with E-state index in [9.17, 15) is 13.2 Å². The van der Waals surface area contributed by atoms with Crippen molar-refractivity contribution < 1.29 is 13.2 Å². The maximum absolute atomic E-state index is 12.5. The first-order valence-corrected chi connectivity index (χ1v) is 7.64. The molecule has 0 bridgehead atoms. The summed E-state index contributed by atoms with van der Waals surface area (Å²) in [5, 5.41) is 15.0. The molecule has 0 unspecified atom stereocenters. The number of nitrogens with zero attached hydrogens (tertiary/aromatic N) is 5. The number of thiazole rings is 1. The van der Waals surface area contributed by atoms with Crippen LogP contribution in [-0.2, 0) is 26.3 Å².